The van der Waals surface area contributed by atoms with Crippen LogP contribution >= 0.6 is 12.2 Å². The first-order chi connectivity index (χ1) is 14.0. The molecule has 0 spiro atoms. The van der Waals surface area contributed by atoms with E-state index in [1.54, 1.807) is 0 Å². The molecule has 2 aromatic heterocycles. The van der Waals surface area contributed by atoms with Crippen LogP contribution < -0.4 is 5.56 Å². The summed E-state index contributed by atoms with van der Waals surface area (Å²) in [5.74, 6) is 1.17. The average Bonchev–Trinajstić information content (AvgIpc) is 3.04. The molecule has 6 nitrogen and oxygen atoms in total. The fraction of sp³-hybridized carbons (Fsp3) is 0.591. The second kappa shape index (κ2) is 8.40. The normalized spacial score (nSPS) is 18.3. The van der Waals surface area contributed by atoms with Crippen LogP contribution in [-0.4, -0.2) is 36.2 Å². The molecule has 156 valence electrons. The minimum Gasteiger partial charge on any atom is -0.281 e. The second-order valence-electron chi connectivity index (χ2n) is 8.59. The molecule has 0 N–H and O–H groups in total. The first-order valence-electron chi connectivity index (χ1n) is 10.9. The molecule has 0 amide bonds. The van der Waals surface area contributed by atoms with Crippen LogP contribution in [0.1, 0.15) is 52.9 Å². The van der Waals surface area contributed by atoms with Gasteiger partial charge in [-0.2, -0.15) is 0 Å². The highest BCUT2D eigenvalue weighted by Gasteiger charge is 2.23. The highest BCUT2D eigenvalue weighted by atomic mass is 32.1. The molecule has 1 fully saturated rings. The summed E-state index contributed by atoms with van der Waals surface area (Å²) in [6.45, 7) is 9.02. The number of piperidine rings is 1. The van der Waals surface area contributed by atoms with E-state index in [0.717, 1.165) is 24.9 Å². The summed E-state index contributed by atoms with van der Waals surface area (Å²) in [7, 11) is 0. The van der Waals surface area contributed by atoms with Gasteiger partial charge >= 0.3 is 0 Å². The van der Waals surface area contributed by atoms with E-state index in [1.165, 1.54) is 19.3 Å². The molecule has 4 rings (SSSR count). The van der Waals surface area contributed by atoms with Crippen molar-refractivity contribution < 1.29 is 0 Å². The summed E-state index contributed by atoms with van der Waals surface area (Å²) in [4.78, 5) is 15.7. The average molecular weight is 414 g/mol. The number of hydrogen-bond donors (Lipinski definition) is 0. The van der Waals surface area contributed by atoms with E-state index in [0.29, 0.717) is 41.1 Å². The molecule has 1 aromatic carbocycles. The predicted molar refractivity (Wildman–Crippen MR) is 120 cm³/mol. The number of aromatic nitrogens is 4. The van der Waals surface area contributed by atoms with Gasteiger partial charge in [0.05, 0.1) is 17.6 Å². The van der Waals surface area contributed by atoms with Crippen LogP contribution in [0.2, 0.25) is 0 Å². The largest absolute Gasteiger partial charge is 0.281 e. The molecule has 1 aliphatic rings. The number of hydrogen-bond acceptors (Lipinski definition) is 4. The van der Waals surface area contributed by atoms with Crippen LogP contribution in [-0.2, 0) is 13.2 Å². The maximum atomic E-state index is 13.2. The van der Waals surface area contributed by atoms with E-state index in [2.05, 4.69) is 25.7 Å². The minimum absolute atomic E-state index is 0.0188. The SMILES string of the molecule is CC[C@@H]1CCCCN1Cn1nc2n(CCC(C)C)c(=O)c3ccccc3n2c1=S. The Morgan fingerprint density at radius 2 is 2.03 bits per heavy atom. The third-order valence-corrected chi connectivity index (χ3v) is 6.54. The van der Waals surface area contributed by atoms with Gasteiger partial charge in [-0.3, -0.25) is 18.7 Å². The molecule has 29 heavy (non-hydrogen) atoms. The van der Waals surface area contributed by atoms with Crippen LogP contribution in [0, 0.1) is 10.7 Å². The van der Waals surface area contributed by atoms with Crippen molar-refractivity contribution in [3.8, 4) is 0 Å². The molecule has 1 aliphatic heterocycles. The van der Waals surface area contributed by atoms with Crippen LogP contribution in [0.25, 0.3) is 16.7 Å². The third kappa shape index (κ3) is 3.78. The Hall–Kier alpha value is -1.99. The summed E-state index contributed by atoms with van der Waals surface area (Å²) in [6.07, 6.45) is 5.82. The molecule has 3 heterocycles. The summed E-state index contributed by atoms with van der Waals surface area (Å²) in [5.41, 5.74) is 0.862. The number of nitrogens with zero attached hydrogens (tertiary/aromatic N) is 5. The summed E-state index contributed by atoms with van der Waals surface area (Å²) >= 11 is 5.86. The lowest BCUT2D eigenvalue weighted by Gasteiger charge is -2.34. The molecule has 0 radical (unpaired) electrons. The summed E-state index contributed by atoms with van der Waals surface area (Å²) < 4.78 is 6.37. The Morgan fingerprint density at radius 3 is 2.79 bits per heavy atom. The zero-order chi connectivity index (χ0) is 20.5. The number of para-hydroxylation sites is 1. The molecule has 1 atom stereocenters. The van der Waals surface area contributed by atoms with Gasteiger partial charge in [0.1, 0.15) is 0 Å². The summed E-state index contributed by atoms with van der Waals surface area (Å²) in [5, 5.41) is 5.56. The predicted octanol–water partition coefficient (Wildman–Crippen LogP) is 4.45. The van der Waals surface area contributed by atoms with Crippen LogP contribution in [0.3, 0.4) is 0 Å². The van der Waals surface area contributed by atoms with Gasteiger partial charge in [0, 0.05) is 19.1 Å². The lowest BCUT2D eigenvalue weighted by Crippen LogP contribution is -2.40. The van der Waals surface area contributed by atoms with Gasteiger partial charge in [0.15, 0.2) is 0 Å². The molecule has 0 bridgehead atoms. The van der Waals surface area contributed by atoms with Crippen LogP contribution in [0.4, 0.5) is 0 Å². The fourth-order valence-electron chi connectivity index (χ4n) is 4.43. The van der Waals surface area contributed by atoms with Crippen molar-refractivity contribution in [1.82, 2.24) is 23.6 Å². The molecule has 1 saturated heterocycles. The zero-order valence-corrected chi connectivity index (χ0v) is 18.5. The van der Waals surface area contributed by atoms with E-state index in [4.69, 9.17) is 17.3 Å². The van der Waals surface area contributed by atoms with Crippen molar-refractivity contribution in [3.05, 3.63) is 39.4 Å². The van der Waals surface area contributed by atoms with Crippen molar-refractivity contribution in [2.45, 2.75) is 72.1 Å². The number of rotatable bonds is 6. The van der Waals surface area contributed by atoms with Gasteiger partial charge < -0.3 is 0 Å². The van der Waals surface area contributed by atoms with E-state index in [-0.39, 0.29) is 5.56 Å². The number of fused-ring (bicyclic) bond motifs is 3. The van der Waals surface area contributed by atoms with E-state index in [1.807, 2.05) is 37.9 Å². The molecular weight excluding hydrogens is 382 g/mol. The minimum atomic E-state index is 0.0188. The molecule has 0 saturated carbocycles. The van der Waals surface area contributed by atoms with Gasteiger partial charge in [0.25, 0.3) is 5.56 Å². The monoisotopic (exact) mass is 413 g/mol. The summed E-state index contributed by atoms with van der Waals surface area (Å²) in [6, 6.07) is 8.30. The number of aryl methyl sites for hydroxylation is 1. The Balaban J connectivity index is 1.87. The molecule has 0 aliphatic carbocycles. The Morgan fingerprint density at radius 1 is 1.24 bits per heavy atom. The molecular formula is C22H31N5OS. The maximum Gasteiger partial charge on any atom is 0.262 e. The molecule has 0 unspecified atom stereocenters. The van der Waals surface area contributed by atoms with E-state index < -0.39 is 0 Å². The van der Waals surface area contributed by atoms with E-state index >= 15 is 0 Å². The fourth-order valence-corrected chi connectivity index (χ4v) is 4.71. The maximum absolute atomic E-state index is 13.2. The Kier molecular flexibility index (Phi) is 5.88. The van der Waals surface area contributed by atoms with Gasteiger partial charge in [-0.05, 0) is 56.0 Å². The number of likely N-dealkylation sites (tertiary alicyclic amines) is 1. The first-order valence-corrected chi connectivity index (χ1v) is 11.3. The van der Waals surface area contributed by atoms with Crippen molar-refractivity contribution >= 4 is 28.9 Å². The lowest BCUT2D eigenvalue weighted by molar-refractivity contribution is 0.101. The highest BCUT2D eigenvalue weighted by Crippen LogP contribution is 2.21. The second-order valence-corrected chi connectivity index (χ2v) is 8.95. The van der Waals surface area contributed by atoms with Gasteiger partial charge in [0.2, 0.25) is 10.5 Å². The van der Waals surface area contributed by atoms with E-state index in [9.17, 15) is 4.79 Å². The van der Waals surface area contributed by atoms with Crippen molar-refractivity contribution in [2.24, 2.45) is 5.92 Å². The Labute approximate surface area is 176 Å². The van der Waals surface area contributed by atoms with Crippen molar-refractivity contribution in [1.29, 1.82) is 0 Å². The number of benzene rings is 1. The van der Waals surface area contributed by atoms with Crippen molar-refractivity contribution in [2.75, 3.05) is 6.54 Å². The zero-order valence-electron chi connectivity index (χ0n) is 17.7. The van der Waals surface area contributed by atoms with Crippen molar-refractivity contribution in [3.63, 3.8) is 0 Å². The van der Waals surface area contributed by atoms with Gasteiger partial charge in [-0.25, -0.2) is 4.68 Å². The Bertz CT molecular complexity index is 1130. The quantitative estimate of drug-likeness (QED) is 0.560. The standard InChI is InChI=1S/C22H31N5OS/c1-4-17-9-7-8-13-24(17)15-26-22(29)27-19-11-6-5-10-18(19)20(28)25(21(27)23-26)14-12-16(2)3/h5-6,10-11,16-17H,4,7-9,12-15H2,1-3H3/t17-/m1/s1. The van der Waals surface area contributed by atoms with Gasteiger partial charge in [-0.1, -0.05) is 39.3 Å². The highest BCUT2D eigenvalue weighted by molar-refractivity contribution is 7.71. The molecule has 7 heteroatoms. The molecule has 3 aromatic rings. The van der Waals surface area contributed by atoms with Crippen LogP contribution in [0.5, 0.6) is 0 Å². The van der Waals surface area contributed by atoms with Crippen LogP contribution in [0.15, 0.2) is 29.1 Å². The topological polar surface area (TPSA) is 47.5 Å². The van der Waals surface area contributed by atoms with Gasteiger partial charge in [-0.15, -0.1) is 5.10 Å². The third-order valence-electron chi connectivity index (χ3n) is 6.15. The first kappa shape index (κ1) is 20.3. The smallest absolute Gasteiger partial charge is 0.262 e. The lowest BCUT2D eigenvalue weighted by atomic mass is 10.0.